The molecule has 0 aliphatic carbocycles. The van der Waals surface area contributed by atoms with Gasteiger partial charge in [-0.1, -0.05) is 46.3 Å². The van der Waals surface area contributed by atoms with Crippen LogP contribution in [0.3, 0.4) is 0 Å². The zero-order chi connectivity index (χ0) is 14.7. The fraction of sp³-hybridized carbons (Fsp3) is 0.200. The summed E-state index contributed by atoms with van der Waals surface area (Å²) in [4.78, 5) is 0. The molecule has 1 fully saturated rings. The maximum atomic E-state index is 13.2. The first-order valence-corrected chi connectivity index (χ1v) is 7.39. The molecule has 2 aromatic carbocycles. The van der Waals surface area contributed by atoms with E-state index in [9.17, 15) is 4.39 Å². The van der Waals surface area contributed by atoms with E-state index in [-0.39, 0.29) is 18.5 Å². The minimum Gasteiger partial charge on any atom is -0.383 e. The summed E-state index contributed by atoms with van der Waals surface area (Å²) in [6.07, 6.45) is -0.132. The Morgan fingerprint density at radius 3 is 2.86 bits per heavy atom. The summed E-state index contributed by atoms with van der Waals surface area (Å²) >= 11 is 3.36. The molecule has 0 bridgehead atoms. The molecule has 3 rings (SSSR count). The van der Waals surface area contributed by atoms with Crippen LogP contribution in [-0.4, -0.2) is 13.9 Å². The third kappa shape index (κ3) is 3.71. The van der Waals surface area contributed by atoms with Crippen molar-refractivity contribution >= 4 is 23.3 Å². The van der Waals surface area contributed by atoms with Crippen molar-refractivity contribution in [2.45, 2.75) is 12.7 Å². The van der Waals surface area contributed by atoms with Crippen LogP contribution >= 0.6 is 15.9 Å². The molecule has 1 aliphatic heterocycles. The van der Waals surface area contributed by atoms with E-state index in [1.807, 2.05) is 30.3 Å². The Balaban J connectivity index is 1.57. The Morgan fingerprint density at radius 2 is 2.05 bits per heavy atom. The van der Waals surface area contributed by atoms with Crippen LogP contribution in [0.2, 0.25) is 0 Å². The smallest absolute Gasteiger partial charge is 0.383 e. The molecule has 1 atom stereocenters. The molecule has 1 heterocycles. The Morgan fingerprint density at radius 1 is 1.24 bits per heavy atom. The van der Waals surface area contributed by atoms with E-state index in [2.05, 4.69) is 15.9 Å². The molecule has 0 amide bonds. The van der Waals surface area contributed by atoms with Crippen molar-refractivity contribution in [1.82, 2.24) is 0 Å². The Kier molecular flexibility index (Phi) is 4.70. The first kappa shape index (κ1) is 14.7. The SMILES string of the molecule is Fc1ccc(Br)c(COB2OCC(c3ccccc3)O2)c1. The van der Waals surface area contributed by atoms with Crippen molar-refractivity contribution in [3.8, 4) is 0 Å². The van der Waals surface area contributed by atoms with Crippen molar-refractivity contribution in [3.05, 3.63) is 69.9 Å². The highest BCUT2D eigenvalue weighted by atomic mass is 79.9. The maximum Gasteiger partial charge on any atom is 0.640 e. The summed E-state index contributed by atoms with van der Waals surface area (Å²) < 4.78 is 30.7. The molecule has 2 aromatic rings. The fourth-order valence-electron chi connectivity index (χ4n) is 2.12. The second kappa shape index (κ2) is 6.70. The second-order valence-corrected chi connectivity index (χ2v) is 5.56. The van der Waals surface area contributed by atoms with E-state index in [0.29, 0.717) is 12.2 Å². The van der Waals surface area contributed by atoms with E-state index < -0.39 is 7.32 Å². The molecule has 0 saturated carbocycles. The summed E-state index contributed by atoms with van der Waals surface area (Å²) in [5.41, 5.74) is 1.76. The molecule has 21 heavy (non-hydrogen) atoms. The molecule has 3 nitrogen and oxygen atoms in total. The lowest BCUT2D eigenvalue weighted by atomic mass is 10.1. The standard InChI is InChI=1S/C15H13BBrFO3/c17-14-7-6-13(18)8-12(14)9-19-16-20-10-15(21-16)11-4-2-1-3-5-11/h1-8,15H,9-10H2. The normalized spacial score (nSPS) is 18.2. The number of rotatable bonds is 4. The highest BCUT2D eigenvalue weighted by Gasteiger charge is 2.34. The average Bonchev–Trinajstić information content (AvgIpc) is 2.98. The summed E-state index contributed by atoms with van der Waals surface area (Å²) in [5, 5.41) is 0. The Labute approximate surface area is 131 Å². The summed E-state index contributed by atoms with van der Waals surface area (Å²) in [7, 11) is -0.731. The minimum absolute atomic E-state index is 0.132. The molecule has 1 saturated heterocycles. The van der Waals surface area contributed by atoms with Gasteiger partial charge in [-0.3, -0.25) is 0 Å². The third-order valence-corrected chi connectivity index (χ3v) is 3.99. The van der Waals surface area contributed by atoms with Gasteiger partial charge >= 0.3 is 7.32 Å². The van der Waals surface area contributed by atoms with Crippen LogP contribution < -0.4 is 0 Å². The largest absolute Gasteiger partial charge is 0.640 e. The van der Waals surface area contributed by atoms with Crippen molar-refractivity contribution in [3.63, 3.8) is 0 Å². The highest BCUT2D eigenvalue weighted by molar-refractivity contribution is 9.10. The molecule has 108 valence electrons. The van der Waals surface area contributed by atoms with Crippen LogP contribution in [0.5, 0.6) is 0 Å². The van der Waals surface area contributed by atoms with Gasteiger partial charge in [-0.15, -0.1) is 0 Å². The maximum absolute atomic E-state index is 13.2. The summed E-state index contributed by atoms with van der Waals surface area (Å²) in [6.45, 7) is 0.656. The van der Waals surface area contributed by atoms with Crippen molar-refractivity contribution in [2.24, 2.45) is 0 Å². The van der Waals surface area contributed by atoms with Crippen LogP contribution in [0.25, 0.3) is 0 Å². The van der Waals surface area contributed by atoms with E-state index in [0.717, 1.165) is 10.0 Å². The number of hydrogen-bond acceptors (Lipinski definition) is 3. The Hall–Kier alpha value is -1.21. The Bertz CT molecular complexity index is 611. The molecule has 1 aliphatic rings. The van der Waals surface area contributed by atoms with Gasteiger partial charge in [0.15, 0.2) is 0 Å². The van der Waals surface area contributed by atoms with Crippen LogP contribution in [0.1, 0.15) is 17.2 Å². The van der Waals surface area contributed by atoms with Crippen LogP contribution in [0, 0.1) is 5.82 Å². The van der Waals surface area contributed by atoms with Crippen molar-refractivity contribution in [2.75, 3.05) is 6.61 Å². The molecule has 6 heteroatoms. The van der Waals surface area contributed by atoms with E-state index >= 15 is 0 Å². The predicted molar refractivity (Wildman–Crippen MR) is 80.9 cm³/mol. The van der Waals surface area contributed by atoms with Crippen LogP contribution in [0.15, 0.2) is 53.0 Å². The number of halogens is 2. The minimum atomic E-state index is -0.731. The van der Waals surface area contributed by atoms with Gasteiger partial charge in [0, 0.05) is 4.47 Å². The van der Waals surface area contributed by atoms with E-state index in [1.54, 1.807) is 6.07 Å². The molecule has 1 unspecified atom stereocenters. The van der Waals surface area contributed by atoms with Gasteiger partial charge in [0.25, 0.3) is 0 Å². The quantitative estimate of drug-likeness (QED) is 0.783. The zero-order valence-electron chi connectivity index (χ0n) is 11.2. The van der Waals surface area contributed by atoms with Gasteiger partial charge in [0.05, 0.1) is 19.3 Å². The lowest BCUT2D eigenvalue weighted by molar-refractivity contribution is 0.153. The predicted octanol–water partition coefficient (Wildman–Crippen LogP) is 3.88. The first-order valence-electron chi connectivity index (χ1n) is 6.60. The number of hydrogen-bond donors (Lipinski definition) is 0. The van der Waals surface area contributed by atoms with Crippen LogP contribution in [0.4, 0.5) is 4.39 Å². The zero-order valence-corrected chi connectivity index (χ0v) is 12.8. The second-order valence-electron chi connectivity index (χ2n) is 4.70. The topological polar surface area (TPSA) is 27.7 Å². The van der Waals surface area contributed by atoms with Gasteiger partial charge in [0.2, 0.25) is 0 Å². The molecule has 0 aromatic heterocycles. The highest BCUT2D eigenvalue weighted by Crippen LogP contribution is 2.26. The molecule has 0 spiro atoms. The molecular weight excluding hydrogens is 338 g/mol. The van der Waals surface area contributed by atoms with E-state index in [4.69, 9.17) is 14.0 Å². The lowest BCUT2D eigenvalue weighted by Crippen LogP contribution is -2.19. The number of benzene rings is 2. The van der Waals surface area contributed by atoms with Gasteiger partial charge in [0.1, 0.15) is 5.82 Å². The first-order chi connectivity index (χ1) is 10.2. The lowest BCUT2D eigenvalue weighted by Gasteiger charge is -2.10. The molecular formula is C15H13BBrFO3. The summed E-state index contributed by atoms with van der Waals surface area (Å²) in [5.74, 6) is -0.299. The monoisotopic (exact) mass is 350 g/mol. The van der Waals surface area contributed by atoms with Gasteiger partial charge in [-0.2, -0.15) is 0 Å². The van der Waals surface area contributed by atoms with Crippen molar-refractivity contribution in [1.29, 1.82) is 0 Å². The van der Waals surface area contributed by atoms with Gasteiger partial charge in [-0.05, 0) is 29.3 Å². The van der Waals surface area contributed by atoms with Crippen molar-refractivity contribution < 1.29 is 18.4 Å². The van der Waals surface area contributed by atoms with Crippen LogP contribution in [-0.2, 0) is 20.6 Å². The van der Waals surface area contributed by atoms with Gasteiger partial charge < -0.3 is 14.0 Å². The van der Waals surface area contributed by atoms with Gasteiger partial charge in [-0.25, -0.2) is 4.39 Å². The molecule has 0 N–H and O–H groups in total. The molecule has 0 radical (unpaired) electrons. The average molecular weight is 351 g/mol. The van der Waals surface area contributed by atoms with E-state index in [1.165, 1.54) is 12.1 Å². The third-order valence-electron chi connectivity index (χ3n) is 3.21. The summed E-state index contributed by atoms with van der Waals surface area (Å²) in [6, 6.07) is 14.3. The fourth-order valence-corrected chi connectivity index (χ4v) is 2.48.